The average Bonchev–Trinajstić information content (AvgIpc) is 3.12. The summed E-state index contributed by atoms with van der Waals surface area (Å²) >= 11 is 0. The molecule has 106 valence electrons. The van der Waals surface area contributed by atoms with Crippen molar-refractivity contribution in [1.29, 1.82) is 0 Å². The van der Waals surface area contributed by atoms with Gasteiger partial charge in [-0.25, -0.2) is 4.98 Å². The molecule has 0 fully saturated rings. The van der Waals surface area contributed by atoms with Crippen molar-refractivity contribution in [2.75, 3.05) is 12.1 Å². The highest BCUT2D eigenvalue weighted by Crippen LogP contribution is 2.35. The fourth-order valence-electron chi connectivity index (χ4n) is 2.36. The Morgan fingerprint density at radius 1 is 1.24 bits per heavy atom. The van der Waals surface area contributed by atoms with Crippen LogP contribution in [0.5, 0.6) is 11.5 Å². The zero-order valence-electron chi connectivity index (χ0n) is 11.3. The average molecular weight is 284 g/mol. The largest absolute Gasteiger partial charge is 0.454 e. The number of nitrogens with one attached hydrogen (secondary N) is 1. The number of fused-ring (bicyclic) bond motifs is 2. The number of anilines is 1. The lowest BCUT2D eigenvalue weighted by Crippen LogP contribution is -2.03. The second kappa shape index (κ2) is 4.62. The molecule has 0 saturated heterocycles. The van der Waals surface area contributed by atoms with Crippen molar-refractivity contribution in [2.45, 2.75) is 13.5 Å². The second-order valence-corrected chi connectivity index (χ2v) is 4.67. The van der Waals surface area contributed by atoms with Gasteiger partial charge in [-0.15, -0.1) is 0 Å². The number of hydrogen-bond donors (Lipinski definition) is 1. The van der Waals surface area contributed by atoms with E-state index in [9.17, 15) is 0 Å². The van der Waals surface area contributed by atoms with E-state index in [-0.39, 0.29) is 6.79 Å². The predicted molar refractivity (Wildman–Crippen MR) is 74.2 cm³/mol. The van der Waals surface area contributed by atoms with Gasteiger partial charge >= 0.3 is 0 Å². The second-order valence-electron chi connectivity index (χ2n) is 4.67. The SMILES string of the molecule is Cc1noc2ncnc(NCc3cccc4c3OCO4)c12. The van der Waals surface area contributed by atoms with E-state index in [4.69, 9.17) is 14.0 Å². The Bertz CT molecular complexity index is 815. The summed E-state index contributed by atoms with van der Waals surface area (Å²) in [6.07, 6.45) is 1.45. The van der Waals surface area contributed by atoms with E-state index in [0.717, 1.165) is 28.1 Å². The number of hydrogen-bond acceptors (Lipinski definition) is 7. The van der Waals surface area contributed by atoms with Crippen LogP contribution >= 0.6 is 0 Å². The summed E-state index contributed by atoms with van der Waals surface area (Å²) in [6.45, 7) is 2.68. The standard InChI is InChI=1S/C14H12N4O3/c1-8-11-13(16-6-17-14(11)21-18-8)15-5-9-3-2-4-10-12(9)20-7-19-10/h2-4,6H,5,7H2,1H3,(H,15,16,17). The van der Waals surface area contributed by atoms with Crippen LogP contribution < -0.4 is 14.8 Å². The zero-order chi connectivity index (χ0) is 14.2. The Morgan fingerprint density at radius 2 is 2.19 bits per heavy atom. The first-order chi connectivity index (χ1) is 10.3. The third-order valence-corrected chi connectivity index (χ3v) is 3.37. The molecular formula is C14H12N4O3. The Kier molecular flexibility index (Phi) is 2.63. The molecule has 7 nitrogen and oxygen atoms in total. The van der Waals surface area contributed by atoms with E-state index in [1.807, 2.05) is 25.1 Å². The molecule has 0 unspecified atom stereocenters. The van der Waals surface area contributed by atoms with E-state index in [2.05, 4.69) is 20.4 Å². The third kappa shape index (κ3) is 1.94. The molecule has 4 rings (SSSR count). The number of ether oxygens (including phenoxy) is 2. The number of rotatable bonds is 3. The van der Waals surface area contributed by atoms with Gasteiger partial charge in [0, 0.05) is 12.1 Å². The fourth-order valence-corrected chi connectivity index (χ4v) is 2.36. The van der Waals surface area contributed by atoms with Crippen LogP contribution in [0.3, 0.4) is 0 Å². The number of aromatic nitrogens is 3. The topological polar surface area (TPSA) is 82.3 Å². The minimum atomic E-state index is 0.259. The normalized spacial score (nSPS) is 12.8. The summed E-state index contributed by atoms with van der Waals surface area (Å²) in [5, 5.41) is 7.97. The summed E-state index contributed by atoms with van der Waals surface area (Å²) in [7, 11) is 0. The molecule has 1 aliphatic heterocycles. The highest BCUT2D eigenvalue weighted by Gasteiger charge is 2.18. The first-order valence-electron chi connectivity index (χ1n) is 6.51. The Hall–Kier alpha value is -2.83. The summed E-state index contributed by atoms with van der Waals surface area (Å²) < 4.78 is 16.0. The van der Waals surface area contributed by atoms with Crippen LogP contribution in [-0.2, 0) is 6.54 Å². The Labute approximate surface area is 119 Å². The van der Waals surface area contributed by atoms with Crippen molar-refractivity contribution in [3.05, 3.63) is 35.8 Å². The number of benzene rings is 1. The molecule has 3 aromatic rings. The molecule has 0 spiro atoms. The summed E-state index contributed by atoms with van der Waals surface area (Å²) in [5.74, 6) is 2.23. The molecule has 1 N–H and O–H groups in total. The van der Waals surface area contributed by atoms with E-state index < -0.39 is 0 Å². The van der Waals surface area contributed by atoms with Gasteiger partial charge in [-0.2, -0.15) is 4.98 Å². The Balaban J connectivity index is 1.65. The summed E-state index contributed by atoms with van der Waals surface area (Å²) in [5.41, 5.74) is 2.24. The summed E-state index contributed by atoms with van der Waals surface area (Å²) in [6, 6.07) is 5.81. The summed E-state index contributed by atoms with van der Waals surface area (Å²) in [4.78, 5) is 8.30. The van der Waals surface area contributed by atoms with Gasteiger partial charge in [0.1, 0.15) is 17.5 Å². The van der Waals surface area contributed by atoms with Crippen LogP contribution in [0.25, 0.3) is 11.1 Å². The molecule has 0 saturated carbocycles. The van der Waals surface area contributed by atoms with Crippen LogP contribution in [-0.4, -0.2) is 21.9 Å². The first-order valence-corrected chi connectivity index (χ1v) is 6.51. The Morgan fingerprint density at radius 3 is 3.14 bits per heavy atom. The van der Waals surface area contributed by atoms with Crippen molar-refractivity contribution in [3.8, 4) is 11.5 Å². The molecule has 0 aliphatic carbocycles. The molecule has 1 aromatic carbocycles. The van der Waals surface area contributed by atoms with Crippen molar-refractivity contribution >= 4 is 16.9 Å². The molecule has 1 aliphatic rings. The van der Waals surface area contributed by atoms with Crippen LogP contribution in [0, 0.1) is 6.92 Å². The molecule has 2 aromatic heterocycles. The molecule has 7 heteroatoms. The maximum absolute atomic E-state index is 5.49. The molecule has 0 atom stereocenters. The third-order valence-electron chi connectivity index (χ3n) is 3.37. The molecule has 0 bridgehead atoms. The minimum absolute atomic E-state index is 0.259. The van der Waals surface area contributed by atoms with Gasteiger partial charge in [-0.3, -0.25) is 0 Å². The lowest BCUT2D eigenvalue weighted by molar-refractivity contribution is 0.173. The van der Waals surface area contributed by atoms with Crippen LogP contribution in [0.2, 0.25) is 0 Å². The molecule has 3 heterocycles. The van der Waals surface area contributed by atoms with Crippen LogP contribution in [0.4, 0.5) is 5.82 Å². The van der Waals surface area contributed by atoms with Crippen molar-refractivity contribution < 1.29 is 14.0 Å². The highest BCUT2D eigenvalue weighted by atomic mass is 16.7. The van der Waals surface area contributed by atoms with E-state index in [0.29, 0.717) is 18.1 Å². The van der Waals surface area contributed by atoms with Gasteiger partial charge in [-0.05, 0) is 13.0 Å². The maximum atomic E-state index is 5.49. The highest BCUT2D eigenvalue weighted by molar-refractivity contribution is 5.87. The van der Waals surface area contributed by atoms with Gasteiger partial charge in [0.15, 0.2) is 11.5 Å². The molecule has 0 amide bonds. The zero-order valence-corrected chi connectivity index (χ0v) is 11.3. The quantitative estimate of drug-likeness (QED) is 0.789. The monoisotopic (exact) mass is 284 g/mol. The predicted octanol–water partition coefficient (Wildman–Crippen LogP) is 2.27. The van der Waals surface area contributed by atoms with Gasteiger partial charge in [0.25, 0.3) is 5.71 Å². The van der Waals surface area contributed by atoms with Crippen molar-refractivity contribution in [2.24, 2.45) is 0 Å². The maximum Gasteiger partial charge on any atom is 0.263 e. The van der Waals surface area contributed by atoms with Crippen molar-refractivity contribution in [3.63, 3.8) is 0 Å². The van der Waals surface area contributed by atoms with Gasteiger partial charge in [0.05, 0.1) is 5.69 Å². The van der Waals surface area contributed by atoms with E-state index in [1.165, 1.54) is 6.33 Å². The van der Waals surface area contributed by atoms with Gasteiger partial charge < -0.3 is 19.3 Å². The van der Waals surface area contributed by atoms with Crippen LogP contribution in [0.1, 0.15) is 11.3 Å². The van der Waals surface area contributed by atoms with Crippen molar-refractivity contribution in [1.82, 2.24) is 15.1 Å². The molecule has 21 heavy (non-hydrogen) atoms. The molecule has 0 radical (unpaired) electrons. The van der Waals surface area contributed by atoms with Gasteiger partial charge in [-0.1, -0.05) is 17.3 Å². The lowest BCUT2D eigenvalue weighted by atomic mass is 10.2. The van der Waals surface area contributed by atoms with Gasteiger partial charge in [0.2, 0.25) is 6.79 Å². The number of para-hydroxylation sites is 1. The fraction of sp³-hybridized carbons (Fsp3) is 0.214. The smallest absolute Gasteiger partial charge is 0.263 e. The number of nitrogens with zero attached hydrogens (tertiary/aromatic N) is 3. The first kappa shape index (κ1) is 12.0. The minimum Gasteiger partial charge on any atom is -0.454 e. The van der Waals surface area contributed by atoms with E-state index in [1.54, 1.807) is 0 Å². The number of aryl methyl sites for hydroxylation is 1. The lowest BCUT2D eigenvalue weighted by Gasteiger charge is -2.08. The molecular weight excluding hydrogens is 272 g/mol. The van der Waals surface area contributed by atoms with E-state index >= 15 is 0 Å². The van der Waals surface area contributed by atoms with Crippen LogP contribution in [0.15, 0.2) is 29.0 Å².